The van der Waals surface area contributed by atoms with Crippen LogP contribution in [0.2, 0.25) is 5.02 Å². The molecule has 6 rings (SSSR count). The van der Waals surface area contributed by atoms with Gasteiger partial charge in [0.05, 0.1) is 31.0 Å². The van der Waals surface area contributed by atoms with Gasteiger partial charge in [0.1, 0.15) is 17.2 Å². The first-order valence-corrected chi connectivity index (χ1v) is 15.9. The molecule has 11 nitrogen and oxygen atoms in total. The quantitative estimate of drug-likeness (QED) is 0.287. The van der Waals surface area contributed by atoms with Crippen LogP contribution in [0.3, 0.4) is 0 Å². The molecule has 1 fully saturated rings. The number of hydrogen-bond donors (Lipinski definition) is 1. The second-order valence-electron chi connectivity index (χ2n) is 11.3. The van der Waals surface area contributed by atoms with Gasteiger partial charge in [-0.25, -0.2) is 12.8 Å². The van der Waals surface area contributed by atoms with E-state index in [1.165, 1.54) is 44.4 Å². The van der Waals surface area contributed by atoms with Crippen LogP contribution in [0, 0.1) is 0 Å². The first kappa shape index (κ1) is 32.7. The fourth-order valence-electron chi connectivity index (χ4n) is 6.95. The predicted molar refractivity (Wildman–Crippen MR) is 158 cm³/mol. The van der Waals surface area contributed by atoms with Gasteiger partial charge in [0, 0.05) is 24.6 Å². The highest BCUT2D eigenvalue weighted by Gasteiger charge is 2.72. The number of fused-ring (bicyclic) bond motifs is 2. The van der Waals surface area contributed by atoms with Crippen molar-refractivity contribution in [2.75, 3.05) is 38.8 Å². The summed E-state index contributed by atoms with van der Waals surface area (Å²) >= 11 is 6.47. The average molecular weight is 701 g/mol. The van der Waals surface area contributed by atoms with Crippen LogP contribution < -0.4 is 28.6 Å². The summed E-state index contributed by atoms with van der Waals surface area (Å²) in [4.78, 5) is 27.7. The normalized spacial score (nSPS) is 25.1. The maximum Gasteiger partial charge on any atom is 0.573 e. The van der Waals surface area contributed by atoms with Gasteiger partial charge < -0.3 is 24.3 Å². The van der Waals surface area contributed by atoms with Crippen molar-refractivity contribution in [3.05, 3.63) is 70.7 Å². The van der Waals surface area contributed by atoms with Crippen molar-refractivity contribution in [1.29, 1.82) is 0 Å². The Labute approximate surface area is 271 Å². The van der Waals surface area contributed by atoms with E-state index in [4.69, 9.17) is 25.8 Å². The number of anilines is 1. The number of carbonyl (C=O) groups is 2. The molecule has 3 heterocycles. The van der Waals surface area contributed by atoms with Gasteiger partial charge in [0.15, 0.2) is 29.5 Å². The van der Waals surface area contributed by atoms with Crippen LogP contribution in [0.4, 0.5) is 23.2 Å². The van der Waals surface area contributed by atoms with E-state index >= 15 is 9.18 Å². The van der Waals surface area contributed by atoms with Crippen LogP contribution in [-0.4, -0.2) is 77.8 Å². The van der Waals surface area contributed by atoms with Gasteiger partial charge in [-0.15, -0.1) is 13.2 Å². The molecule has 0 radical (unpaired) electrons. The molecule has 2 unspecified atom stereocenters. The number of nitrogens with one attached hydrogen (secondary N) is 1. The van der Waals surface area contributed by atoms with Gasteiger partial charge in [-0.1, -0.05) is 17.7 Å². The number of likely N-dealkylation sites (tertiary alicyclic amines) is 1. The van der Waals surface area contributed by atoms with E-state index in [1.807, 2.05) is 0 Å². The molecule has 17 heteroatoms. The van der Waals surface area contributed by atoms with Gasteiger partial charge in [0.2, 0.25) is 12.3 Å². The van der Waals surface area contributed by atoms with Crippen molar-refractivity contribution >= 4 is 39.1 Å². The molecule has 3 aromatic rings. The van der Waals surface area contributed by atoms with E-state index in [1.54, 1.807) is 6.07 Å². The molecule has 2 amide bonds. The minimum absolute atomic E-state index is 0.0331. The van der Waals surface area contributed by atoms with Crippen LogP contribution >= 0.6 is 11.6 Å². The van der Waals surface area contributed by atoms with E-state index in [0.29, 0.717) is 4.31 Å². The summed E-state index contributed by atoms with van der Waals surface area (Å²) in [7, 11) is -1.32. The molecule has 0 saturated carbocycles. The number of para-hydroxylation sites is 1. The fourth-order valence-corrected chi connectivity index (χ4v) is 8.68. The highest BCUT2D eigenvalue weighted by atomic mass is 35.5. The molecule has 1 saturated heterocycles. The third kappa shape index (κ3) is 4.83. The third-order valence-electron chi connectivity index (χ3n) is 8.80. The third-order valence-corrected chi connectivity index (χ3v) is 10.8. The molecule has 0 aliphatic carbocycles. The van der Waals surface area contributed by atoms with Gasteiger partial charge in [-0.2, -0.15) is 4.31 Å². The molecule has 1 N–H and O–H groups in total. The van der Waals surface area contributed by atoms with Crippen molar-refractivity contribution in [2.45, 2.75) is 35.4 Å². The van der Waals surface area contributed by atoms with Crippen molar-refractivity contribution in [1.82, 2.24) is 5.32 Å². The lowest BCUT2D eigenvalue weighted by molar-refractivity contribution is -0.953. The predicted octanol–water partition coefficient (Wildman–Crippen LogP) is 4.26. The number of methoxy groups -OCH3 is 1. The number of rotatable bonds is 7. The Bertz CT molecular complexity index is 1910. The Hall–Kier alpha value is -4.28. The monoisotopic (exact) mass is 700 g/mol. The molecule has 0 spiro atoms. The van der Waals surface area contributed by atoms with Crippen molar-refractivity contribution in [3.63, 3.8) is 0 Å². The van der Waals surface area contributed by atoms with Crippen molar-refractivity contribution < 1.29 is 59.0 Å². The minimum atomic E-state index is -5.33. The molecular weight excluding hydrogens is 674 g/mol. The summed E-state index contributed by atoms with van der Waals surface area (Å²) in [6.45, 7) is -0.710. The maximum absolute atomic E-state index is 15.6. The highest BCUT2D eigenvalue weighted by Crippen LogP contribution is 2.59. The molecule has 3 aromatic carbocycles. The van der Waals surface area contributed by atoms with E-state index in [2.05, 4.69) is 10.1 Å². The Morgan fingerprint density at radius 2 is 1.87 bits per heavy atom. The largest absolute Gasteiger partial charge is 0.573 e. The SMILES string of the molecule is CNC(=O)[C@@H]1C[C@@H](F)C[N+]1(C)C1(c2cccc3c2OCO3)C(=O)N(S(=O)(=O)c2ccc(OC)cc2OC(F)(F)F)c2ccc(Cl)cc21. The number of alkyl halides is 4. The Morgan fingerprint density at radius 3 is 2.55 bits per heavy atom. The number of carbonyl (C=O) groups excluding carboxylic acids is 2. The number of quaternary nitrogens is 1. The summed E-state index contributed by atoms with van der Waals surface area (Å²) in [5.74, 6) is -2.96. The summed E-state index contributed by atoms with van der Waals surface area (Å²) in [6.07, 6.45) is -7.28. The van der Waals surface area contributed by atoms with Crippen LogP contribution in [-0.2, 0) is 25.2 Å². The Kier molecular flexibility index (Phi) is 7.76. The lowest BCUT2D eigenvalue weighted by Gasteiger charge is -2.48. The number of nitrogens with zero attached hydrogens (tertiary/aromatic N) is 2. The number of ether oxygens (including phenoxy) is 4. The van der Waals surface area contributed by atoms with Crippen LogP contribution in [0.5, 0.6) is 23.0 Å². The van der Waals surface area contributed by atoms with Gasteiger partial charge in [-0.05, 0) is 42.5 Å². The number of benzene rings is 3. The van der Waals surface area contributed by atoms with E-state index in [-0.39, 0.29) is 52.3 Å². The first-order valence-electron chi connectivity index (χ1n) is 14.0. The van der Waals surface area contributed by atoms with Crippen molar-refractivity contribution in [3.8, 4) is 23.0 Å². The van der Waals surface area contributed by atoms with Gasteiger partial charge in [-0.3, -0.25) is 14.1 Å². The zero-order chi connectivity index (χ0) is 34.1. The van der Waals surface area contributed by atoms with Gasteiger partial charge in [0.25, 0.3) is 15.9 Å². The second-order valence-corrected chi connectivity index (χ2v) is 13.5. The fraction of sp³-hybridized carbons (Fsp3) is 0.333. The van der Waals surface area contributed by atoms with Crippen molar-refractivity contribution in [2.24, 2.45) is 0 Å². The number of sulfonamides is 1. The number of likely N-dealkylation sites (N-methyl/N-ethyl adjacent to an activating group) is 2. The molecule has 3 aliphatic heterocycles. The summed E-state index contributed by atoms with van der Waals surface area (Å²) < 4.78 is 105. The van der Waals surface area contributed by atoms with Crippen LogP contribution in [0.1, 0.15) is 17.5 Å². The molecule has 0 aromatic heterocycles. The summed E-state index contributed by atoms with van der Waals surface area (Å²) in [5.41, 5.74) is -2.57. The molecular formula is C30H27ClF4N3O8S+. The van der Waals surface area contributed by atoms with E-state index in [9.17, 15) is 26.4 Å². The van der Waals surface area contributed by atoms with Crippen LogP contribution in [0.15, 0.2) is 59.5 Å². The lowest BCUT2D eigenvalue weighted by atomic mass is 9.78. The smallest absolute Gasteiger partial charge is 0.497 e. The molecule has 3 aliphatic rings. The zero-order valence-corrected chi connectivity index (χ0v) is 26.5. The van der Waals surface area contributed by atoms with Crippen LogP contribution in [0.25, 0.3) is 0 Å². The lowest BCUT2D eigenvalue weighted by Crippen LogP contribution is -2.69. The van der Waals surface area contributed by atoms with E-state index in [0.717, 1.165) is 25.3 Å². The molecule has 47 heavy (non-hydrogen) atoms. The topological polar surface area (TPSA) is 120 Å². The summed E-state index contributed by atoms with van der Waals surface area (Å²) in [6, 6.07) is 9.72. The summed E-state index contributed by atoms with van der Waals surface area (Å²) in [5, 5.41) is 2.55. The standard InChI is InChI=1S/C30H26ClF4N3O8S/c1-36-27(39)22-12-17(32)14-38(22,2)29(19-5-4-6-23-26(19)45-15-44-23)20-11-16(31)7-9-21(20)37(28(29)40)47(41,42)25-10-8-18(43-3)13-24(25)46-30(33,34)35/h4-11,13,17,22H,12,14-15H2,1-3H3/p+1/t17-,22+,29?,38?/m1/s1. The van der Waals surface area contributed by atoms with Gasteiger partial charge >= 0.3 is 12.3 Å². The highest BCUT2D eigenvalue weighted by molar-refractivity contribution is 7.93. The number of amides is 2. The average Bonchev–Trinajstić information content (AvgIpc) is 3.68. The molecule has 4 atom stereocenters. The van der Waals surface area contributed by atoms with E-state index < -0.39 is 67.6 Å². The molecule has 0 bridgehead atoms. The Morgan fingerprint density at radius 1 is 1.13 bits per heavy atom. The Balaban J connectivity index is 1.70. The molecule has 250 valence electrons. The maximum atomic E-state index is 15.6. The zero-order valence-electron chi connectivity index (χ0n) is 24.9. The number of hydrogen-bond acceptors (Lipinski definition) is 8. The first-order chi connectivity index (χ1) is 22.1. The number of halogens is 5. The second kappa shape index (κ2) is 11.2. The minimum Gasteiger partial charge on any atom is -0.497 e.